The Labute approximate surface area is 172 Å². The number of hydrogen-bond donors (Lipinski definition) is 0. The van der Waals surface area contributed by atoms with Crippen molar-refractivity contribution in [3.8, 4) is 11.3 Å². The van der Waals surface area contributed by atoms with Crippen LogP contribution in [0.15, 0.2) is 40.7 Å². The molecule has 2 aromatic carbocycles. The summed E-state index contributed by atoms with van der Waals surface area (Å²) < 4.78 is 7.80. The molecule has 28 heavy (non-hydrogen) atoms. The number of nitrogens with zero attached hydrogens (tertiary/aromatic N) is 2. The van der Waals surface area contributed by atoms with Crippen molar-refractivity contribution in [2.24, 2.45) is 4.99 Å². The Hall–Kier alpha value is -2.17. The number of ether oxygens (including phenoxy) is 1. The largest absolute Gasteiger partial charge is 0.383 e. The summed E-state index contributed by atoms with van der Waals surface area (Å²) in [6.45, 7) is 13.6. The minimum absolute atomic E-state index is 0.192. The third-order valence-electron chi connectivity index (χ3n) is 5.14. The van der Waals surface area contributed by atoms with E-state index in [1.165, 1.54) is 39.1 Å². The zero-order valence-electron chi connectivity index (χ0n) is 18.0. The molecule has 0 aliphatic rings. The van der Waals surface area contributed by atoms with Gasteiger partial charge in [-0.25, -0.2) is 4.99 Å². The van der Waals surface area contributed by atoms with Crippen molar-refractivity contribution in [2.75, 3.05) is 13.7 Å². The summed E-state index contributed by atoms with van der Waals surface area (Å²) in [6.07, 6.45) is 0. The normalized spacial score (nSPS) is 13.2. The van der Waals surface area contributed by atoms with Gasteiger partial charge in [0.2, 0.25) is 0 Å². The van der Waals surface area contributed by atoms with E-state index in [-0.39, 0.29) is 6.04 Å². The topological polar surface area (TPSA) is 26.5 Å². The molecule has 0 unspecified atom stereocenters. The van der Waals surface area contributed by atoms with E-state index in [4.69, 9.17) is 9.73 Å². The lowest BCUT2D eigenvalue weighted by Crippen LogP contribution is -2.23. The molecule has 0 saturated heterocycles. The molecule has 0 aliphatic heterocycles. The number of methoxy groups -OCH3 is 1. The third kappa shape index (κ3) is 4.29. The molecule has 3 rings (SSSR count). The van der Waals surface area contributed by atoms with Crippen LogP contribution >= 0.6 is 11.3 Å². The number of hydrogen-bond acceptors (Lipinski definition) is 3. The molecule has 0 aliphatic carbocycles. The molecule has 0 radical (unpaired) electrons. The first-order valence-electron chi connectivity index (χ1n) is 9.70. The standard InChI is InChI=1S/C24H30N2OS/c1-15-8-16(2)10-21(9-15)25-24-26(20(6)13-27-7)23(14-28-24)22-12-18(4)17(3)11-19(22)5/h8-12,14,20H,13H2,1-7H3/t20-/m1/s1. The van der Waals surface area contributed by atoms with Crippen LogP contribution in [0.1, 0.15) is 40.8 Å². The molecular formula is C24H30N2OS. The first kappa shape index (κ1) is 20.6. The van der Waals surface area contributed by atoms with Gasteiger partial charge in [0.05, 0.1) is 24.0 Å². The number of aromatic nitrogens is 1. The molecule has 0 amide bonds. The molecular weight excluding hydrogens is 364 g/mol. The summed E-state index contributed by atoms with van der Waals surface area (Å²) in [7, 11) is 1.76. The van der Waals surface area contributed by atoms with Crippen LogP contribution in [0.2, 0.25) is 0 Å². The maximum Gasteiger partial charge on any atom is 0.190 e. The highest BCUT2D eigenvalue weighted by atomic mass is 32.1. The number of thiazole rings is 1. The Morgan fingerprint density at radius 3 is 2.21 bits per heavy atom. The maximum absolute atomic E-state index is 5.48. The minimum atomic E-state index is 0.192. The molecule has 1 heterocycles. The second-order valence-corrected chi connectivity index (χ2v) is 8.62. The van der Waals surface area contributed by atoms with Crippen LogP contribution in [0.4, 0.5) is 5.69 Å². The van der Waals surface area contributed by atoms with Gasteiger partial charge >= 0.3 is 0 Å². The molecule has 4 heteroatoms. The summed E-state index contributed by atoms with van der Waals surface area (Å²) >= 11 is 1.69. The molecule has 1 aromatic heterocycles. The van der Waals surface area contributed by atoms with Gasteiger partial charge in [-0.05, 0) is 87.6 Å². The zero-order chi connectivity index (χ0) is 20.4. The number of aryl methyl sites for hydroxylation is 5. The Balaban J connectivity index is 2.23. The molecule has 0 saturated carbocycles. The predicted molar refractivity (Wildman–Crippen MR) is 120 cm³/mol. The molecule has 3 nitrogen and oxygen atoms in total. The van der Waals surface area contributed by atoms with Gasteiger partial charge < -0.3 is 9.30 Å². The molecule has 3 aromatic rings. The van der Waals surface area contributed by atoms with Crippen LogP contribution in [0, 0.1) is 34.6 Å². The molecule has 148 valence electrons. The van der Waals surface area contributed by atoms with Gasteiger partial charge in [-0.15, -0.1) is 11.3 Å². The SMILES string of the molecule is COC[C@@H](C)n1c(-c2cc(C)c(C)cc2C)csc1=Nc1cc(C)cc(C)c1. The van der Waals surface area contributed by atoms with E-state index in [9.17, 15) is 0 Å². The van der Waals surface area contributed by atoms with Crippen LogP contribution in [-0.4, -0.2) is 18.3 Å². The van der Waals surface area contributed by atoms with Gasteiger partial charge in [0.15, 0.2) is 4.80 Å². The quantitative estimate of drug-likeness (QED) is 0.506. The minimum Gasteiger partial charge on any atom is -0.383 e. The highest BCUT2D eigenvalue weighted by Crippen LogP contribution is 2.29. The van der Waals surface area contributed by atoms with E-state index in [2.05, 4.69) is 81.8 Å². The Morgan fingerprint density at radius 1 is 0.929 bits per heavy atom. The van der Waals surface area contributed by atoms with Crippen molar-refractivity contribution < 1.29 is 4.74 Å². The summed E-state index contributed by atoms with van der Waals surface area (Å²) in [5, 5.41) is 2.23. The molecule has 0 fully saturated rings. The van der Waals surface area contributed by atoms with Crippen LogP contribution in [-0.2, 0) is 4.74 Å². The second kappa shape index (κ2) is 8.46. The van der Waals surface area contributed by atoms with Gasteiger partial charge in [0.1, 0.15) is 0 Å². The van der Waals surface area contributed by atoms with Gasteiger partial charge in [0.25, 0.3) is 0 Å². The fourth-order valence-corrected chi connectivity index (χ4v) is 4.71. The lowest BCUT2D eigenvalue weighted by molar-refractivity contribution is 0.162. The third-order valence-corrected chi connectivity index (χ3v) is 5.98. The summed E-state index contributed by atoms with van der Waals surface area (Å²) in [6, 6.07) is 11.2. The van der Waals surface area contributed by atoms with Crippen molar-refractivity contribution in [2.45, 2.75) is 47.6 Å². The zero-order valence-corrected chi connectivity index (χ0v) is 18.8. The Morgan fingerprint density at radius 2 is 1.57 bits per heavy atom. The average molecular weight is 395 g/mol. The van der Waals surface area contributed by atoms with Crippen molar-refractivity contribution in [1.29, 1.82) is 0 Å². The van der Waals surface area contributed by atoms with Gasteiger partial charge in [-0.3, -0.25) is 0 Å². The van der Waals surface area contributed by atoms with E-state index >= 15 is 0 Å². The van der Waals surface area contributed by atoms with E-state index in [1.807, 2.05) is 0 Å². The average Bonchev–Trinajstić information content (AvgIpc) is 3.00. The summed E-state index contributed by atoms with van der Waals surface area (Å²) in [4.78, 5) is 6.01. The molecule has 0 N–H and O–H groups in total. The first-order chi connectivity index (χ1) is 13.3. The van der Waals surface area contributed by atoms with E-state index in [1.54, 1.807) is 18.4 Å². The fraction of sp³-hybridized carbons (Fsp3) is 0.375. The van der Waals surface area contributed by atoms with Gasteiger partial charge in [-0.1, -0.05) is 12.1 Å². The van der Waals surface area contributed by atoms with Crippen molar-refractivity contribution in [1.82, 2.24) is 4.57 Å². The van der Waals surface area contributed by atoms with Gasteiger partial charge in [-0.2, -0.15) is 0 Å². The van der Waals surface area contributed by atoms with E-state index in [0.29, 0.717) is 6.61 Å². The highest BCUT2D eigenvalue weighted by Gasteiger charge is 2.16. The van der Waals surface area contributed by atoms with Gasteiger partial charge in [0, 0.05) is 18.1 Å². The lowest BCUT2D eigenvalue weighted by Gasteiger charge is -2.18. The fourth-order valence-electron chi connectivity index (χ4n) is 3.70. The van der Waals surface area contributed by atoms with Crippen LogP contribution < -0.4 is 4.80 Å². The van der Waals surface area contributed by atoms with Crippen LogP contribution in [0.25, 0.3) is 11.3 Å². The smallest absolute Gasteiger partial charge is 0.190 e. The first-order valence-corrected chi connectivity index (χ1v) is 10.6. The number of rotatable bonds is 5. The highest BCUT2D eigenvalue weighted by molar-refractivity contribution is 7.07. The molecule has 0 bridgehead atoms. The number of benzene rings is 2. The summed E-state index contributed by atoms with van der Waals surface area (Å²) in [5.41, 5.74) is 9.87. The van der Waals surface area contributed by atoms with Crippen LogP contribution in [0.3, 0.4) is 0 Å². The monoisotopic (exact) mass is 394 g/mol. The molecule has 0 spiro atoms. The van der Waals surface area contributed by atoms with Crippen molar-refractivity contribution in [3.05, 3.63) is 68.3 Å². The lowest BCUT2D eigenvalue weighted by atomic mass is 9.99. The predicted octanol–water partition coefficient (Wildman–Crippen LogP) is 6.20. The van der Waals surface area contributed by atoms with E-state index in [0.717, 1.165) is 10.5 Å². The van der Waals surface area contributed by atoms with Crippen LogP contribution in [0.5, 0.6) is 0 Å². The Kier molecular flexibility index (Phi) is 6.21. The van der Waals surface area contributed by atoms with Crippen molar-refractivity contribution in [3.63, 3.8) is 0 Å². The summed E-state index contributed by atoms with van der Waals surface area (Å²) in [5.74, 6) is 0. The second-order valence-electron chi connectivity index (χ2n) is 7.79. The Bertz CT molecular complexity index is 1040. The molecule has 1 atom stereocenters. The van der Waals surface area contributed by atoms with E-state index < -0.39 is 0 Å². The van der Waals surface area contributed by atoms with Crippen molar-refractivity contribution >= 4 is 17.0 Å². The maximum atomic E-state index is 5.48.